The first kappa shape index (κ1) is 22.2. The number of benzene rings is 1. The van der Waals surface area contributed by atoms with Crippen LogP contribution in [0.3, 0.4) is 0 Å². The molecule has 0 amide bonds. The summed E-state index contributed by atoms with van der Waals surface area (Å²) in [4.78, 5) is 7.11. The number of nitrogens with one attached hydrogen (secondary N) is 2. The van der Waals surface area contributed by atoms with Crippen molar-refractivity contribution in [1.82, 2.24) is 15.5 Å². The number of hydrogen-bond donors (Lipinski definition) is 2. The van der Waals surface area contributed by atoms with Gasteiger partial charge in [-0.05, 0) is 39.4 Å². The molecule has 4 nitrogen and oxygen atoms in total. The van der Waals surface area contributed by atoms with E-state index < -0.39 is 0 Å². The minimum atomic E-state index is 0. The van der Waals surface area contributed by atoms with E-state index in [4.69, 9.17) is 0 Å². The van der Waals surface area contributed by atoms with Crippen molar-refractivity contribution in [2.75, 3.05) is 26.2 Å². The molecule has 0 saturated carbocycles. The smallest absolute Gasteiger partial charge is 0.191 e. The van der Waals surface area contributed by atoms with Gasteiger partial charge in [0, 0.05) is 19.1 Å². The molecule has 1 aromatic rings. The lowest BCUT2D eigenvalue weighted by Gasteiger charge is -2.27. The zero-order valence-electron chi connectivity index (χ0n) is 15.2. The lowest BCUT2D eigenvalue weighted by Crippen LogP contribution is -2.45. The molecule has 0 aliphatic carbocycles. The number of halogens is 1. The molecule has 0 spiro atoms. The summed E-state index contributed by atoms with van der Waals surface area (Å²) >= 11 is 0. The Morgan fingerprint density at radius 3 is 2.22 bits per heavy atom. The molecule has 0 aromatic heterocycles. The van der Waals surface area contributed by atoms with Gasteiger partial charge in [-0.25, -0.2) is 4.99 Å². The highest BCUT2D eigenvalue weighted by Gasteiger charge is 2.10. The first-order valence-electron chi connectivity index (χ1n) is 8.42. The molecule has 132 valence electrons. The molecule has 1 aromatic carbocycles. The van der Waals surface area contributed by atoms with Gasteiger partial charge >= 0.3 is 0 Å². The number of rotatable bonds is 8. The Bertz CT molecular complexity index is 441. The van der Waals surface area contributed by atoms with E-state index >= 15 is 0 Å². The Labute approximate surface area is 159 Å². The number of nitrogens with zero attached hydrogens (tertiary/aromatic N) is 2. The molecule has 0 fully saturated rings. The van der Waals surface area contributed by atoms with Crippen molar-refractivity contribution in [3.8, 4) is 0 Å². The maximum atomic E-state index is 4.67. The van der Waals surface area contributed by atoms with Crippen LogP contribution in [0.5, 0.6) is 0 Å². The van der Waals surface area contributed by atoms with Gasteiger partial charge in [0.15, 0.2) is 5.96 Å². The zero-order chi connectivity index (χ0) is 16.4. The van der Waals surface area contributed by atoms with E-state index in [0.717, 1.165) is 32.1 Å². The summed E-state index contributed by atoms with van der Waals surface area (Å²) in [6, 6.07) is 9.04. The van der Waals surface area contributed by atoms with Crippen LogP contribution < -0.4 is 10.6 Å². The summed E-state index contributed by atoms with van der Waals surface area (Å²) < 4.78 is 0. The second kappa shape index (κ2) is 12.6. The highest BCUT2D eigenvalue weighted by Crippen LogP contribution is 2.04. The molecule has 1 atom stereocenters. The number of aliphatic imine (C=N–C) groups is 1. The fourth-order valence-corrected chi connectivity index (χ4v) is 2.43. The standard InChI is InChI=1S/C18H32N4.HI/c1-6-19-18(20-13-16(5)22(7-2)8-3)21-14-17-11-9-15(4)10-12-17;/h9-12,16H,6-8,13-14H2,1-5H3,(H2,19,20,21);1H. The van der Waals surface area contributed by atoms with E-state index in [1.165, 1.54) is 11.1 Å². The van der Waals surface area contributed by atoms with Crippen molar-refractivity contribution < 1.29 is 0 Å². The van der Waals surface area contributed by atoms with Crippen LogP contribution in [0.4, 0.5) is 0 Å². The zero-order valence-corrected chi connectivity index (χ0v) is 17.6. The molecule has 0 bridgehead atoms. The summed E-state index contributed by atoms with van der Waals surface area (Å²) in [6.45, 7) is 15.5. The van der Waals surface area contributed by atoms with Crippen molar-refractivity contribution in [2.45, 2.75) is 47.2 Å². The fourth-order valence-electron chi connectivity index (χ4n) is 2.43. The first-order chi connectivity index (χ1) is 10.6. The lowest BCUT2D eigenvalue weighted by molar-refractivity contribution is 0.231. The van der Waals surface area contributed by atoms with Crippen LogP contribution in [0, 0.1) is 6.92 Å². The van der Waals surface area contributed by atoms with Gasteiger partial charge in [0.2, 0.25) is 0 Å². The van der Waals surface area contributed by atoms with Gasteiger partial charge in [-0.1, -0.05) is 43.7 Å². The maximum absolute atomic E-state index is 4.67. The third-order valence-corrected chi connectivity index (χ3v) is 3.89. The van der Waals surface area contributed by atoms with Gasteiger partial charge in [0.25, 0.3) is 0 Å². The predicted octanol–water partition coefficient (Wildman–Crippen LogP) is 3.40. The molecule has 1 unspecified atom stereocenters. The average molecular weight is 432 g/mol. The Hall–Kier alpha value is -0.820. The molecule has 2 N–H and O–H groups in total. The molecule has 23 heavy (non-hydrogen) atoms. The SMILES string of the molecule is CCNC(=NCc1ccc(C)cc1)NCC(C)N(CC)CC.I. The van der Waals surface area contributed by atoms with E-state index in [-0.39, 0.29) is 24.0 Å². The van der Waals surface area contributed by atoms with Crippen LogP contribution in [0.2, 0.25) is 0 Å². The molecule has 1 rings (SSSR count). The average Bonchev–Trinajstić information content (AvgIpc) is 2.52. The Morgan fingerprint density at radius 1 is 1.09 bits per heavy atom. The second-order valence-electron chi connectivity index (χ2n) is 5.63. The Morgan fingerprint density at radius 2 is 1.70 bits per heavy atom. The van der Waals surface area contributed by atoms with Gasteiger partial charge < -0.3 is 10.6 Å². The van der Waals surface area contributed by atoms with Gasteiger partial charge in [-0.3, -0.25) is 4.90 Å². The fraction of sp³-hybridized carbons (Fsp3) is 0.611. The molecular weight excluding hydrogens is 399 g/mol. The van der Waals surface area contributed by atoms with Crippen LogP contribution >= 0.6 is 24.0 Å². The molecule has 0 aliphatic rings. The predicted molar refractivity (Wildman–Crippen MR) is 112 cm³/mol. The van der Waals surface area contributed by atoms with E-state index in [1.807, 2.05) is 0 Å². The van der Waals surface area contributed by atoms with Crippen molar-refractivity contribution in [3.63, 3.8) is 0 Å². The van der Waals surface area contributed by atoms with Crippen LogP contribution in [-0.4, -0.2) is 43.1 Å². The highest BCUT2D eigenvalue weighted by molar-refractivity contribution is 14.0. The third-order valence-electron chi connectivity index (χ3n) is 3.89. The molecular formula is C18H33IN4. The summed E-state index contributed by atoms with van der Waals surface area (Å²) in [6.07, 6.45) is 0. The van der Waals surface area contributed by atoms with E-state index in [0.29, 0.717) is 12.6 Å². The largest absolute Gasteiger partial charge is 0.357 e. The topological polar surface area (TPSA) is 39.7 Å². The van der Waals surface area contributed by atoms with E-state index in [1.54, 1.807) is 0 Å². The van der Waals surface area contributed by atoms with Gasteiger partial charge in [-0.2, -0.15) is 0 Å². The van der Waals surface area contributed by atoms with Crippen LogP contribution in [-0.2, 0) is 6.54 Å². The number of likely N-dealkylation sites (N-methyl/N-ethyl adjacent to an activating group) is 1. The molecule has 5 heteroatoms. The second-order valence-corrected chi connectivity index (χ2v) is 5.63. The first-order valence-corrected chi connectivity index (χ1v) is 8.42. The minimum Gasteiger partial charge on any atom is -0.357 e. The van der Waals surface area contributed by atoms with Gasteiger partial charge in [0.1, 0.15) is 0 Å². The van der Waals surface area contributed by atoms with Gasteiger partial charge in [-0.15, -0.1) is 24.0 Å². The number of guanidine groups is 1. The monoisotopic (exact) mass is 432 g/mol. The quantitative estimate of drug-likeness (QED) is 0.376. The third kappa shape index (κ3) is 8.55. The highest BCUT2D eigenvalue weighted by atomic mass is 127. The molecule has 0 radical (unpaired) electrons. The summed E-state index contributed by atoms with van der Waals surface area (Å²) in [5.41, 5.74) is 2.52. The van der Waals surface area contributed by atoms with E-state index in [9.17, 15) is 0 Å². The number of hydrogen-bond acceptors (Lipinski definition) is 2. The Kier molecular flexibility index (Phi) is 12.1. The maximum Gasteiger partial charge on any atom is 0.191 e. The molecule has 0 saturated heterocycles. The van der Waals surface area contributed by atoms with E-state index in [2.05, 4.69) is 79.4 Å². The van der Waals surface area contributed by atoms with Crippen LogP contribution in [0.15, 0.2) is 29.3 Å². The molecule has 0 heterocycles. The molecule has 0 aliphatic heterocycles. The van der Waals surface area contributed by atoms with Crippen LogP contribution in [0.25, 0.3) is 0 Å². The van der Waals surface area contributed by atoms with Crippen molar-refractivity contribution in [2.24, 2.45) is 4.99 Å². The minimum absolute atomic E-state index is 0. The normalized spacial score (nSPS) is 12.7. The summed E-state index contributed by atoms with van der Waals surface area (Å²) in [7, 11) is 0. The van der Waals surface area contributed by atoms with Gasteiger partial charge in [0.05, 0.1) is 6.54 Å². The summed E-state index contributed by atoms with van der Waals surface area (Å²) in [5.74, 6) is 0.891. The Balaban J connectivity index is 0.00000484. The van der Waals surface area contributed by atoms with Crippen molar-refractivity contribution in [1.29, 1.82) is 0 Å². The van der Waals surface area contributed by atoms with Crippen LogP contribution in [0.1, 0.15) is 38.8 Å². The summed E-state index contributed by atoms with van der Waals surface area (Å²) in [5, 5.41) is 6.76. The van der Waals surface area contributed by atoms with Crippen molar-refractivity contribution >= 4 is 29.9 Å². The number of aryl methyl sites for hydroxylation is 1. The van der Waals surface area contributed by atoms with Crippen molar-refractivity contribution in [3.05, 3.63) is 35.4 Å². The lowest BCUT2D eigenvalue weighted by atomic mass is 10.1.